The van der Waals surface area contributed by atoms with Crippen molar-refractivity contribution < 1.29 is 17.9 Å². The first-order valence-corrected chi connectivity index (χ1v) is 6.89. The van der Waals surface area contributed by atoms with Crippen LogP contribution in [0.1, 0.15) is 10.6 Å². The van der Waals surface area contributed by atoms with Crippen molar-refractivity contribution in [3.05, 3.63) is 34.8 Å². The van der Waals surface area contributed by atoms with E-state index in [9.17, 15) is 13.2 Å². The van der Waals surface area contributed by atoms with Gasteiger partial charge in [-0.15, -0.1) is 24.5 Å². The van der Waals surface area contributed by atoms with Gasteiger partial charge in [0.2, 0.25) is 0 Å². The van der Waals surface area contributed by atoms with Crippen LogP contribution in [0.3, 0.4) is 0 Å². The Morgan fingerprint density at radius 2 is 2.05 bits per heavy atom. The van der Waals surface area contributed by atoms with Crippen LogP contribution in [-0.4, -0.2) is 17.9 Å². The third-order valence-corrected chi connectivity index (χ3v) is 4.08. The van der Waals surface area contributed by atoms with Crippen LogP contribution >= 0.6 is 11.3 Å². The van der Waals surface area contributed by atoms with E-state index in [2.05, 4.69) is 15.0 Å². The molecule has 0 aliphatic carbocycles. The summed E-state index contributed by atoms with van der Waals surface area (Å²) in [5.74, 6) is -0.209. The van der Waals surface area contributed by atoms with Crippen LogP contribution in [-0.2, 0) is 13.0 Å². The third-order valence-electron chi connectivity index (χ3n) is 2.95. The van der Waals surface area contributed by atoms with Crippen molar-refractivity contribution in [1.82, 2.24) is 10.3 Å². The van der Waals surface area contributed by atoms with Gasteiger partial charge in [-0.3, -0.25) is 0 Å². The molecule has 1 aromatic carbocycles. The average molecular weight is 300 g/mol. The van der Waals surface area contributed by atoms with Gasteiger partial charge in [-0.25, -0.2) is 4.98 Å². The summed E-state index contributed by atoms with van der Waals surface area (Å²) in [6, 6.07) is 6.09. The Morgan fingerprint density at radius 3 is 2.80 bits per heavy atom. The highest BCUT2D eigenvalue weighted by molar-refractivity contribution is 7.15. The van der Waals surface area contributed by atoms with Crippen LogP contribution in [0.2, 0.25) is 0 Å². The molecule has 0 unspecified atom stereocenters. The maximum absolute atomic E-state index is 12.4. The fraction of sp³-hybridized carbons (Fsp3) is 0.308. The molecule has 0 saturated heterocycles. The van der Waals surface area contributed by atoms with Crippen LogP contribution in [0.15, 0.2) is 24.3 Å². The second kappa shape index (κ2) is 5.06. The Morgan fingerprint density at radius 1 is 1.25 bits per heavy atom. The summed E-state index contributed by atoms with van der Waals surface area (Å²) in [5, 5.41) is 3.79. The molecular formula is C13H11F3N2OS. The number of benzene rings is 1. The molecule has 3 nitrogen and oxygen atoms in total. The van der Waals surface area contributed by atoms with Gasteiger partial charge in [0.15, 0.2) is 0 Å². The maximum Gasteiger partial charge on any atom is 0.573 e. The Balaban J connectivity index is 1.99. The van der Waals surface area contributed by atoms with E-state index in [1.807, 2.05) is 0 Å². The number of hydrogen-bond acceptors (Lipinski definition) is 4. The molecule has 1 N–H and O–H groups in total. The molecule has 2 aromatic rings. The fourth-order valence-electron chi connectivity index (χ4n) is 2.10. The number of aromatic nitrogens is 1. The number of nitrogens with zero attached hydrogens (tertiary/aromatic N) is 1. The number of nitrogens with one attached hydrogen (secondary N) is 1. The summed E-state index contributed by atoms with van der Waals surface area (Å²) in [6.07, 6.45) is -3.90. The first kappa shape index (κ1) is 13.4. The van der Waals surface area contributed by atoms with Crippen molar-refractivity contribution in [2.75, 3.05) is 6.54 Å². The molecule has 0 amide bonds. The summed E-state index contributed by atoms with van der Waals surface area (Å²) >= 11 is 1.41. The Hall–Kier alpha value is -1.60. The topological polar surface area (TPSA) is 34.1 Å². The molecule has 1 aromatic heterocycles. The zero-order chi connectivity index (χ0) is 14.2. The van der Waals surface area contributed by atoms with Gasteiger partial charge in [0.25, 0.3) is 0 Å². The van der Waals surface area contributed by atoms with Gasteiger partial charge in [-0.05, 0) is 12.1 Å². The van der Waals surface area contributed by atoms with Gasteiger partial charge in [-0.1, -0.05) is 12.1 Å². The third kappa shape index (κ3) is 2.78. The molecule has 3 rings (SSSR count). The second-order valence-electron chi connectivity index (χ2n) is 4.36. The van der Waals surface area contributed by atoms with Crippen molar-refractivity contribution in [1.29, 1.82) is 0 Å². The normalized spacial score (nSPS) is 14.9. The lowest BCUT2D eigenvalue weighted by Crippen LogP contribution is -2.22. The quantitative estimate of drug-likeness (QED) is 0.923. The summed E-state index contributed by atoms with van der Waals surface area (Å²) in [4.78, 5) is 5.52. The molecule has 0 fully saturated rings. The van der Waals surface area contributed by atoms with Crippen LogP contribution < -0.4 is 10.1 Å². The summed E-state index contributed by atoms with van der Waals surface area (Å²) in [6.45, 7) is 1.56. The zero-order valence-corrected chi connectivity index (χ0v) is 11.1. The van der Waals surface area contributed by atoms with E-state index >= 15 is 0 Å². The lowest BCUT2D eigenvalue weighted by atomic mass is 10.2. The molecule has 0 radical (unpaired) electrons. The lowest BCUT2D eigenvalue weighted by Gasteiger charge is -2.11. The van der Waals surface area contributed by atoms with Crippen molar-refractivity contribution in [3.63, 3.8) is 0 Å². The fourth-order valence-corrected chi connectivity index (χ4v) is 3.21. The van der Waals surface area contributed by atoms with Gasteiger partial charge >= 0.3 is 6.36 Å². The van der Waals surface area contributed by atoms with Gasteiger partial charge in [-0.2, -0.15) is 0 Å². The van der Waals surface area contributed by atoms with Crippen molar-refractivity contribution in [2.24, 2.45) is 0 Å². The smallest absolute Gasteiger partial charge is 0.405 e. The Labute approximate surface area is 117 Å². The molecule has 20 heavy (non-hydrogen) atoms. The first-order valence-electron chi connectivity index (χ1n) is 6.07. The van der Waals surface area contributed by atoms with Crippen molar-refractivity contribution in [2.45, 2.75) is 19.3 Å². The minimum atomic E-state index is -4.70. The number of alkyl halides is 3. The van der Waals surface area contributed by atoms with E-state index in [0.29, 0.717) is 10.6 Å². The predicted octanol–water partition coefficient (Wildman–Crippen LogP) is 3.35. The molecular weight excluding hydrogens is 289 g/mol. The number of hydrogen-bond donors (Lipinski definition) is 1. The number of rotatable bonds is 2. The summed E-state index contributed by atoms with van der Waals surface area (Å²) in [5.41, 5.74) is 1.34. The number of thiazole rings is 1. The van der Waals surface area contributed by atoms with Crippen LogP contribution in [0.5, 0.6) is 5.75 Å². The minimum absolute atomic E-state index is 0.209. The molecule has 1 aliphatic rings. The molecule has 0 atom stereocenters. The number of para-hydroxylation sites is 1. The highest BCUT2D eigenvalue weighted by atomic mass is 32.1. The minimum Gasteiger partial charge on any atom is -0.405 e. The monoisotopic (exact) mass is 300 g/mol. The average Bonchev–Trinajstić information content (AvgIpc) is 2.81. The lowest BCUT2D eigenvalue weighted by molar-refractivity contribution is -0.274. The summed E-state index contributed by atoms with van der Waals surface area (Å²) in [7, 11) is 0. The van der Waals surface area contributed by atoms with E-state index in [-0.39, 0.29) is 5.75 Å². The van der Waals surface area contributed by atoms with Gasteiger partial charge < -0.3 is 10.1 Å². The Bertz CT molecular complexity index is 601. The standard InChI is InChI=1S/C13H11F3N2OS/c14-13(15,16)19-10-4-2-1-3-8(10)12-18-9-5-6-17-7-11(9)20-12/h1-4,17H,5-7H2. The Kier molecular flexibility index (Phi) is 3.39. The summed E-state index contributed by atoms with van der Waals surface area (Å²) < 4.78 is 41.3. The first-order chi connectivity index (χ1) is 9.53. The molecule has 0 bridgehead atoms. The van der Waals surface area contributed by atoms with E-state index in [4.69, 9.17) is 0 Å². The zero-order valence-electron chi connectivity index (χ0n) is 10.3. The largest absolute Gasteiger partial charge is 0.573 e. The molecule has 0 spiro atoms. The highest BCUT2D eigenvalue weighted by Crippen LogP contribution is 2.37. The van der Waals surface area contributed by atoms with E-state index < -0.39 is 6.36 Å². The van der Waals surface area contributed by atoms with Crippen LogP contribution in [0.25, 0.3) is 10.6 Å². The van der Waals surface area contributed by atoms with E-state index in [1.165, 1.54) is 23.5 Å². The van der Waals surface area contributed by atoms with Crippen molar-refractivity contribution in [3.8, 4) is 16.3 Å². The number of ether oxygens (including phenoxy) is 1. The predicted molar refractivity (Wildman–Crippen MR) is 69.6 cm³/mol. The van der Waals surface area contributed by atoms with Gasteiger partial charge in [0, 0.05) is 24.4 Å². The highest BCUT2D eigenvalue weighted by Gasteiger charge is 2.32. The van der Waals surface area contributed by atoms with Gasteiger partial charge in [0.1, 0.15) is 10.8 Å². The number of fused-ring (bicyclic) bond motifs is 1. The van der Waals surface area contributed by atoms with E-state index in [0.717, 1.165) is 30.1 Å². The van der Waals surface area contributed by atoms with Gasteiger partial charge in [0.05, 0.1) is 11.3 Å². The SMILES string of the molecule is FC(F)(F)Oc1ccccc1-c1nc2c(s1)CNCC2. The maximum atomic E-state index is 12.4. The van der Waals surface area contributed by atoms with Crippen LogP contribution in [0, 0.1) is 0 Å². The molecule has 2 heterocycles. The van der Waals surface area contributed by atoms with Crippen molar-refractivity contribution >= 4 is 11.3 Å². The molecule has 106 valence electrons. The second-order valence-corrected chi connectivity index (χ2v) is 5.44. The van der Waals surface area contributed by atoms with E-state index in [1.54, 1.807) is 12.1 Å². The number of halogens is 3. The van der Waals surface area contributed by atoms with Crippen LogP contribution in [0.4, 0.5) is 13.2 Å². The molecule has 0 saturated carbocycles. The molecule has 7 heteroatoms. The molecule has 1 aliphatic heterocycles.